The molecular weight excluding hydrogens is 261 g/mol. The first-order valence-electron chi connectivity index (χ1n) is 4.40. The van der Waals surface area contributed by atoms with Gasteiger partial charge in [0.2, 0.25) is 0 Å². The van der Waals surface area contributed by atoms with Gasteiger partial charge in [-0.2, -0.15) is 13.2 Å². The summed E-state index contributed by atoms with van der Waals surface area (Å²) in [6.07, 6.45) is -6.23. The average molecular weight is 269 g/mol. The highest BCUT2D eigenvalue weighted by molar-refractivity contribution is 6.31. The van der Waals surface area contributed by atoms with Crippen LogP contribution in [0.2, 0.25) is 5.02 Å². The van der Waals surface area contributed by atoms with Crippen LogP contribution in [0.1, 0.15) is 17.2 Å². The Morgan fingerprint density at radius 2 is 2.06 bits per heavy atom. The summed E-state index contributed by atoms with van der Waals surface area (Å²) in [5.41, 5.74) is -1.09. The van der Waals surface area contributed by atoms with E-state index < -0.39 is 23.8 Å². The molecule has 1 aromatic carbocycles. The Bertz CT molecular complexity index is 431. The molecule has 17 heavy (non-hydrogen) atoms. The van der Waals surface area contributed by atoms with E-state index in [0.717, 1.165) is 19.2 Å². The number of rotatable bonds is 2. The molecular formula is C10H8ClF3O3. The second-order valence-corrected chi connectivity index (χ2v) is 3.57. The van der Waals surface area contributed by atoms with E-state index in [1.165, 1.54) is 0 Å². The first kappa shape index (κ1) is 13.8. The minimum Gasteiger partial charge on any atom is -0.467 e. The zero-order valence-corrected chi connectivity index (χ0v) is 9.34. The maximum Gasteiger partial charge on any atom is 0.416 e. The van der Waals surface area contributed by atoms with E-state index in [0.29, 0.717) is 6.07 Å². The van der Waals surface area contributed by atoms with Gasteiger partial charge in [-0.1, -0.05) is 17.7 Å². The fourth-order valence-electron chi connectivity index (χ4n) is 1.16. The Labute approximate surface area is 99.8 Å². The lowest BCUT2D eigenvalue weighted by molar-refractivity contribution is -0.150. The van der Waals surface area contributed by atoms with Crippen LogP contribution in [-0.2, 0) is 15.7 Å². The molecule has 7 heteroatoms. The van der Waals surface area contributed by atoms with E-state index in [1.54, 1.807) is 0 Å². The number of aliphatic hydroxyl groups excluding tert-OH is 1. The van der Waals surface area contributed by atoms with E-state index in [4.69, 9.17) is 11.6 Å². The van der Waals surface area contributed by atoms with E-state index >= 15 is 0 Å². The van der Waals surface area contributed by atoms with Gasteiger partial charge in [0.25, 0.3) is 0 Å². The van der Waals surface area contributed by atoms with Crippen molar-refractivity contribution in [3.05, 3.63) is 34.3 Å². The molecule has 0 aromatic heterocycles. The summed E-state index contributed by atoms with van der Waals surface area (Å²) < 4.78 is 41.2. The molecule has 0 aliphatic carbocycles. The molecule has 1 rings (SSSR count). The summed E-state index contributed by atoms with van der Waals surface area (Å²) in [5, 5.41) is 9.07. The number of hydrogen-bond donors (Lipinski definition) is 1. The summed E-state index contributed by atoms with van der Waals surface area (Å²) in [7, 11) is 1.05. The molecule has 0 aliphatic heterocycles. The largest absolute Gasteiger partial charge is 0.467 e. The molecule has 1 atom stereocenters. The highest BCUT2D eigenvalue weighted by atomic mass is 35.5. The zero-order chi connectivity index (χ0) is 13.2. The van der Waals surface area contributed by atoms with Crippen molar-refractivity contribution in [3.63, 3.8) is 0 Å². The number of carbonyl (C=O) groups excluding carboxylic acids is 1. The van der Waals surface area contributed by atoms with Gasteiger partial charge in [0.15, 0.2) is 6.10 Å². The molecule has 0 fully saturated rings. The van der Waals surface area contributed by atoms with Crippen LogP contribution in [0.25, 0.3) is 0 Å². The number of benzene rings is 1. The predicted octanol–water partition coefficient (Wildman–Crippen LogP) is 2.57. The Hall–Kier alpha value is -1.27. The molecule has 0 radical (unpaired) electrons. The van der Waals surface area contributed by atoms with Gasteiger partial charge in [0.05, 0.1) is 12.7 Å². The summed E-state index contributed by atoms with van der Waals surface area (Å²) in [6.45, 7) is 0. The van der Waals surface area contributed by atoms with E-state index in [9.17, 15) is 23.1 Å². The lowest BCUT2D eigenvalue weighted by Gasteiger charge is -2.13. The van der Waals surface area contributed by atoms with Gasteiger partial charge in [-0.05, 0) is 12.1 Å². The van der Waals surface area contributed by atoms with Gasteiger partial charge in [0.1, 0.15) is 0 Å². The molecule has 0 amide bonds. The van der Waals surface area contributed by atoms with Crippen LogP contribution < -0.4 is 0 Å². The van der Waals surface area contributed by atoms with E-state index in [2.05, 4.69) is 4.74 Å². The molecule has 0 bridgehead atoms. The van der Waals surface area contributed by atoms with Gasteiger partial charge in [-0.3, -0.25) is 0 Å². The van der Waals surface area contributed by atoms with Crippen molar-refractivity contribution in [1.82, 2.24) is 0 Å². The molecule has 94 valence electrons. The summed E-state index contributed by atoms with van der Waals surface area (Å²) >= 11 is 5.56. The molecule has 3 nitrogen and oxygen atoms in total. The van der Waals surface area contributed by atoms with Gasteiger partial charge in [-0.25, -0.2) is 4.79 Å². The number of aliphatic hydroxyl groups is 1. The van der Waals surface area contributed by atoms with Gasteiger partial charge < -0.3 is 9.84 Å². The Kier molecular flexibility index (Phi) is 4.00. The molecule has 0 spiro atoms. The summed E-state index contributed by atoms with van der Waals surface area (Å²) in [5.74, 6) is -0.994. The monoisotopic (exact) mass is 268 g/mol. The number of halogens is 4. The van der Waals surface area contributed by atoms with E-state index in [1.807, 2.05) is 0 Å². The van der Waals surface area contributed by atoms with Crippen molar-refractivity contribution in [1.29, 1.82) is 0 Å². The predicted molar refractivity (Wildman–Crippen MR) is 53.4 cm³/mol. The van der Waals surface area contributed by atoms with Crippen LogP contribution in [0.3, 0.4) is 0 Å². The van der Waals surface area contributed by atoms with Crippen LogP contribution in [0.4, 0.5) is 13.2 Å². The summed E-state index contributed by atoms with van der Waals surface area (Å²) in [6, 6.07) is 2.31. The fourth-order valence-corrected chi connectivity index (χ4v) is 1.45. The average Bonchev–Trinajstić information content (AvgIpc) is 2.25. The van der Waals surface area contributed by atoms with Crippen LogP contribution in [-0.4, -0.2) is 18.2 Å². The second kappa shape index (κ2) is 4.93. The summed E-state index contributed by atoms with van der Waals surface area (Å²) in [4.78, 5) is 11.0. The van der Waals surface area contributed by atoms with Crippen molar-refractivity contribution in [3.8, 4) is 0 Å². The topological polar surface area (TPSA) is 46.5 Å². The lowest BCUT2D eigenvalue weighted by atomic mass is 10.1. The number of methoxy groups -OCH3 is 1. The smallest absolute Gasteiger partial charge is 0.416 e. The third kappa shape index (κ3) is 3.10. The lowest BCUT2D eigenvalue weighted by Crippen LogP contribution is -2.14. The number of esters is 1. The van der Waals surface area contributed by atoms with Crippen LogP contribution in [0, 0.1) is 0 Å². The first-order chi connectivity index (χ1) is 7.77. The number of hydrogen-bond acceptors (Lipinski definition) is 3. The number of carbonyl (C=O) groups is 1. The molecule has 0 saturated heterocycles. The molecule has 1 unspecified atom stereocenters. The number of ether oxygens (including phenoxy) is 1. The van der Waals surface area contributed by atoms with Gasteiger partial charge in [-0.15, -0.1) is 0 Å². The molecule has 0 heterocycles. The highest BCUT2D eigenvalue weighted by Gasteiger charge is 2.32. The maximum absolute atomic E-state index is 12.3. The SMILES string of the molecule is COC(=O)C(O)c1ccc(C(F)(F)F)cc1Cl. The normalized spacial score (nSPS) is 13.3. The molecule has 1 aromatic rings. The second-order valence-electron chi connectivity index (χ2n) is 3.16. The van der Waals surface area contributed by atoms with Gasteiger partial charge >= 0.3 is 12.1 Å². The van der Waals surface area contributed by atoms with Crippen molar-refractivity contribution >= 4 is 17.6 Å². The molecule has 0 saturated carbocycles. The maximum atomic E-state index is 12.3. The number of alkyl halides is 3. The highest BCUT2D eigenvalue weighted by Crippen LogP contribution is 2.33. The van der Waals surface area contributed by atoms with E-state index in [-0.39, 0.29) is 10.6 Å². The Balaban J connectivity index is 3.10. The molecule has 1 N–H and O–H groups in total. The van der Waals surface area contributed by atoms with Crippen LogP contribution >= 0.6 is 11.6 Å². The van der Waals surface area contributed by atoms with Crippen LogP contribution in [0.5, 0.6) is 0 Å². The minimum absolute atomic E-state index is 0.133. The fraction of sp³-hybridized carbons (Fsp3) is 0.300. The molecule has 0 aliphatic rings. The third-order valence-corrected chi connectivity index (χ3v) is 2.37. The first-order valence-corrected chi connectivity index (χ1v) is 4.77. The Morgan fingerprint density at radius 1 is 1.47 bits per heavy atom. The quantitative estimate of drug-likeness (QED) is 0.839. The van der Waals surface area contributed by atoms with Crippen LogP contribution in [0.15, 0.2) is 18.2 Å². The minimum atomic E-state index is -4.53. The standard InChI is InChI=1S/C10H8ClF3O3/c1-17-9(16)8(15)6-3-2-5(4-7(6)11)10(12,13)14/h2-4,8,15H,1H3. The third-order valence-electron chi connectivity index (χ3n) is 2.05. The van der Waals surface area contributed by atoms with Crippen molar-refractivity contribution < 1.29 is 27.8 Å². The van der Waals surface area contributed by atoms with Crippen molar-refractivity contribution in [2.75, 3.05) is 7.11 Å². The Morgan fingerprint density at radius 3 is 2.47 bits per heavy atom. The van der Waals surface area contributed by atoms with Crippen molar-refractivity contribution in [2.24, 2.45) is 0 Å². The van der Waals surface area contributed by atoms with Gasteiger partial charge in [0, 0.05) is 10.6 Å². The zero-order valence-electron chi connectivity index (χ0n) is 8.58. The van der Waals surface area contributed by atoms with Crippen molar-refractivity contribution in [2.45, 2.75) is 12.3 Å².